The van der Waals surface area contributed by atoms with Gasteiger partial charge in [0.05, 0.1) is 6.04 Å². The second-order valence-electron chi connectivity index (χ2n) is 5.68. The quantitative estimate of drug-likeness (QED) is 0.881. The van der Waals surface area contributed by atoms with Gasteiger partial charge in [-0.15, -0.1) is 0 Å². The number of carbonyl (C=O) groups excluding carboxylic acids is 1. The number of hydrogen-bond donors (Lipinski definition) is 1. The van der Waals surface area contributed by atoms with E-state index in [1.54, 1.807) is 0 Å². The van der Waals surface area contributed by atoms with E-state index in [9.17, 15) is 4.79 Å². The van der Waals surface area contributed by atoms with Gasteiger partial charge in [0.1, 0.15) is 0 Å². The van der Waals surface area contributed by atoms with Crippen molar-refractivity contribution in [2.75, 3.05) is 19.6 Å². The summed E-state index contributed by atoms with van der Waals surface area (Å²) in [4.78, 5) is 14.5. The van der Waals surface area contributed by atoms with E-state index < -0.39 is 0 Å². The number of benzene rings is 1. The van der Waals surface area contributed by atoms with Gasteiger partial charge in [0.2, 0.25) is 5.91 Å². The molecule has 2 aliphatic heterocycles. The SMILES string of the molecule is O=C([C@@H]1CCCCN1)N1CCC(c2ccccc2)C1. The molecule has 2 aliphatic rings. The van der Waals surface area contributed by atoms with E-state index in [1.807, 2.05) is 6.07 Å². The van der Waals surface area contributed by atoms with Gasteiger partial charge in [-0.05, 0) is 31.4 Å². The lowest BCUT2D eigenvalue weighted by molar-refractivity contribution is -0.133. The van der Waals surface area contributed by atoms with Crippen LogP contribution in [-0.4, -0.2) is 36.5 Å². The Morgan fingerprint density at radius 3 is 2.74 bits per heavy atom. The minimum atomic E-state index is 0.0725. The number of nitrogens with zero attached hydrogens (tertiary/aromatic N) is 1. The molecule has 2 fully saturated rings. The summed E-state index contributed by atoms with van der Waals surface area (Å²) in [6.45, 7) is 2.80. The first-order valence-corrected chi connectivity index (χ1v) is 7.42. The van der Waals surface area contributed by atoms with Crippen molar-refractivity contribution in [3.8, 4) is 0 Å². The molecule has 102 valence electrons. The van der Waals surface area contributed by atoms with Crippen LogP contribution < -0.4 is 5.32 Å². The molecule has 1 N–H and O–H groups in total. The van der Waals surface area contributed by atoms with Crippen LogP contribution in [0.5, 0.6) is 0 Å². The van der Waals surface area contributed by atoms with Crippen LogP contribution in [0.2, 0.25) is 0 Å². The maximum atomic E-state index is 12.4. The summed E-state index contributed by atoms with van der Waals surface area (Å²) in [5, 5.41) is 3.36. The lowest BCUT2D eigenvalue weighted by Crippen LogP contribution is -2.47. The molecule has 0 aromatic heterocycles. The van der Waals surface area contributed by atoms with Gasteiger partial charge in [-0.2, -0.15) is 0 Å². The second kappa shape index (κ2) is 5.74. The first-order valence-electron chi connectivity index (χ1n) is 7.42. The summed E-state index contributed by atoms with van der Waals surface area (Å²) in [6, 6.07) is 10.6. The molecular weight excluding hydrogens is 236 g/mol. The number of hydrogen-bond acceptors (Lipinski definition) is 2. The summed E-state index contributed by atoms with van der Waals surface area (Å²) in [5.74, 6) is 0.840. The zero-order valence-electron chi connectivity index (χ0n) is 11.3. The van der Waals surface area contributed by atoms with Gasteiger partial charge in [0.15, 0.2) is 0 Å². The molecule has 2 heterocycles. The van der Waals surface area contributed by atoms with Crippen molar-refractivity contribution in [1.82, 2.24) is 10.2 Å². The average Bonchev–Trinajstić information content (AvgIpc) is 2.98. The molecule has 0 saturated carbocycles. The maximum absolute atomic E-state index is 12.4. The average molecular weight is 258 g/mol. The molecule has 2 saturated heterocycles. The monoisotopic (exact) mass is 258 g/mol. The largest absolute Gasteiger partial charge is 0.341 e. The first-order chi connectivity index (χ1) is 9.34. The molecular formula is C16H22N2O. The molecule has 0 aliphatic carbocycles. The minimum absolute atomic E-state index is 0.0725. The Morgan fingerprint density at radius 2 is 2.00 bits per heavy atom. The van der Waals surface area contributed by atoms with E-state index in [4.69, 9.17) is 0 Å². The molecule has 3 heteroatoms. The second-order valence-corrected chi connectivity index (χ2v) is 5.68. The molecule has 19 heavy (non-hydrogen) atoms. The highest BCUT2D eigenvalue weighted by molar-refractivity contribution is 5.82. The van der Waals surface area contributed by atoms with E-state index in [0.717, 1.165) is 32.5 Å². The van der Waals surface area contributed by atoms with Crippen LogP contribution in [-0.2, 0) is 4.79 Å². The van der Waals surface area contributed by atoms with E-state index in [1.165, 1.54) is 18.4 Å². The zero-order chi connectivity index (χ0) is 13.1. The summed E-state index contributed by atoms with van der Waals surface area (Å²) < 4.78 is 0. The fourth-order valence-corrected chi connectivity index (χ4v) is 3.24. The van der Waals surface area contributed by atoms with Crippen LogP contribution >= 0.6 is 0 Å². The molecule has 1 unspecified atom stereocenters. The third-order valence-electron chi connectivity index (χ3n) is 4.38. The molecule has 3 rings (SSSR count). The minimum Gasteiger partial charge on any atom is -0.341 e. The molecule has 1 amide bonds. The molecule has 1 aromatic carbocycles. The van der Waals surface area contributed by atoms with Crippen LogP contribution in [0, 0.1) is 0 Å². The van der Waals surface area contributed by atoms with Gasteiger partial charge < -0.3 is 10.2 Å². The number of likely N-dealkylation sites (tertiary alicyclic amines) is 1. The van der Waals surface area contributed by atoms with Gasteiger partial charge in [-0.25, -0.2) is 0 Å². The van der Waals surface area contributed by atoms with Crippen LogP contribution in [0.25, 0.3) is 0 Å². The highest BCUT2D eigenvalue weighted by atomic mass is 16.2. The van der Waals surface area contributed by atoms with Crippen molar-refractivity contribution < 1.29 is 4.79 Å². The third kappa shape index (κ3) is 2.81. The topological polar surface area (TPSA) is 32.3 Å². The lowest BCUT2D eigenvalue weighted by atomic mass is 9.99. The van der Waals surface area contributed by atoms with Crippen molar-refractivity contribution in [1.29, 1.82) is 0 Å². The van der Waals surface area contributed by atoms with Crippen LogP contribution in [0.4, 0.5) is 0 Å². The summed E-state index contributed by atoms with van der Waals surface area (Å²) in [6.07, 6.45) is 4.49. The van der Waals surface area contributed by atoms with Crippen molar-refractivity contribution >= 4 is 5.91 Å². The van der Waals surface area contributed by atoms with E-state index in [0.29, 0.717) is 11.8 Å². The Kier molecular flexibility index (Phi) is 3.83. The summed E-state index contributed by atoms with van der Waals surface area (Å²) >= 11 is 0. The number of nitrogens with one attached hydrogen (secondary N) is 1. The molecule has 2 atom stereocenters. The normalized spacial score (nSPS) is 27.5. The molecule has 1 aromatic rings. The van der Waals surface area contributed by atoms with E-state index in [2.05, 4.69) is 34.5 Å². The Hall–Kier alpha value is -1.35. The van der Waals surface area contributed by atoms with Gasteiger partial charge >= 0.3 is 0 Å². The maximum Gasteiger partial charge on any atom is 0.239 e. The number of rotatable bonds is 2. The van der Waals surface area contributed by atoms with Gasteiger partial charge in [0.25, 0.3) is 0 Å². The Morgan fingerprint density at radius 1 is 1.16 bits per heavy atom. The van der Waals surface area contributed by atoms with Crippen molar-refractivity contribution in [3.63, 3.8) is 0 Å². The molecule has 3 nitrogen and oxygen atoms in total. The standard InChI is InChI=1S/C16H22N2O/c19-16(15-8-4-5-10-17-15)18-11-9-14(12-18)13-6-2-1-3-7-13/h1-3,6-7,14-15,17H,4-5,8-12H2/t14?,15-/m0/s1. The number of piperidine rings is 1. The third-order valence-corrected chi connectivity index (χ3v) is 4.38. The smallest absolute Gasteiger partial charge is 0.239 e. The molecule has 0 spiro atoms. The van der Waals surface area contributed by atoms with Crippen molar-refractivity contribution in [2.45, 2.75) is 37.6 Å². The Labute approximate surface area is 115 Å². The lowest BCUT2D eigenvalue weighted by Gasteiger charge is -2.27. The fourth-order valence-electron chi connectivity index (χ4n) is 3.24. The highest BCUT2D eigenvalue weighted by Gasteiger charge is 2.31. The van der Waals surface area contributed by atoms with Gasteiger partial charge in [-0.3, -0.25) is 4.79 Å². The van der Waals surface area contributed by atoms with Crippen molar-refractivity contribution in [2.24, 2.45) is 0 Å². The first kappa shape index (κ1) is 12.7. The van der Waals surface area contributed by atoms with Crippen LogP contribution in [0.3, 0.4) is 0 Å². The van der Waals surface area contributed by atoms with E-state index in [-0.39, 0.29) is 6.04 Å². The number of amides is 1. The predicted octanol–water partition coefficient (Wildman–Crippen LogP) is 2.14. The van der Waals surface area contributed by atoms with Gasteiger partial charge in [0, 0.05) is 19.0 Å². The van der Waals surface area contributed by atoms with Crippen molar-refractivity contribution in [3.05, 3.63) is 35.9 Å². The van der Waals surface area contributed by atoms with Crippen LogP contribution in [0.1, 0.15) is 37.2 Å². The predicted molar refractivity (Wildman–Crippen MR) is 76.0 cm³/mol. The summed E-state index contributed by atoms with van der Waals surface area (Å²) in [5.41, 5.74) is 1.37. The zero-order valence-corrected chi connectivity index (χ0v) is 11.3. The van der Waals surface area contributed by atoms with E-state index >= 15 is 0 Å². The number of carbonyl (C=O) groups is 1. The molecule has 0 bridgehead atoms. The van der Waals surface area contributed by atoms with Crippen LogP contribution in [0.15, 0.2) is 30.3 Å². The van der Waals surface area contributed by atoms with Gasteiger partial charge in [-0.1, -0.05) is 36.8 Å². The Bertz CT molecular complexity index is 426. The molecule has 0 radical (unpaired) electrons. The fraction of sp³-hybridized carbons (Fsp3) is 0.562. The highest BCUT2D eigenvalue weighted by Crippen LogP contribution is 2.27. The summed E-state index contributed by atoms with van der Waals surface area (Å²) in [7, 11) is 0. The Balaban J connectivity index is 1.61.